The van der Waals surface area contributed by atoms with Gasteiger partial charge in [-0.2, -0.15) is 0 Å². The van der Waals surface area contributed by atoms with Crippen molar-refractivity contribution < 1.29 is 0 Å². The highest BCUT2D eigenvalue weighted by atomic mass is 15.2. The van der Waals surface area contributed by atoms with Crippen LogP contribution in [0.1, 0.15) is 42.2 Å². The van der Waals surface area contributed by atoms with Crippen LogP contribution >= 0.6 is 0 Å². The normalized spacial score (nSPS) is 16.5. The standard InChI is InChI=1S/C66H50N2/c1-4-17-45(18-5-1)49-33-41-63-61(43-49)62-44-50(46-19-6-2-7-20-46)34-42-64(62)68(63)54-39-37-53(38-40-54)67(51-23-8-3-9-24-51)52-35-31-48(32-36-52)65-57-26-12-14-28-59(57)66(60-29-15-13-27-58(60)65)56-30-16-22-47-21-10-11-25-55(47)56/h1-33,35-41,43,50,62,64H,34,42,44H2/t50?,62?,64-/m1/s1. The van der Waals surface area contributed by atoms with Crippen molar-refractivity contribution in [3.8, 4) is 33.4 Å². The van der Waals surface area contributed by atoms with Gasteiger partial charge in [-0.15, -0.1) is 0 Å². The Morgan fingerprint density at radius 1 is 0.382 bits per heavy atom. The lowest BCUT2D eigenvalue weighted by Gasteiger charge is -2.37. The molecular formula is C66H50N2. The molecule has 0 saturated heterocycles. The summed E-state index contributed by atoms with van der Waals surface area (Å²) in [6.07, 6.45) is 3.50. The molecule has 0 spiro atoms. The maximum atomic E-state index is 2.67. The van der Waals surface area contributed by atoms with Crippen molar-refractivity contribution in [2.75, 3.05) is 9.80 Å². The third-order valence-corrected chi connectivity index (χ3v) is 15.0. The van der Waals surface area contributed by atoms with Crippen molar-refractivity contribution in [1.29, 1.82) is 0 Å². The molecule has 0 amide bonds. The van der Waals surface area contributed by atoms with Gasteiger partial charge in [-0.25, -0.2) is 0 Å². The van der Waals surface area contributed by atoms with Crippen LogP contribution in [0.2, 0.25) is 0 Å². The Labute approximate surface area is 399 Å². The average Bonchev–Trinajstić information content (AvgIpc) is 3.74. The molecule has 1 saturated carbocycles. The molecule has 3 atom stereocenters. The zero-order valence-corrected chi connectivity index (χ0v) is 37.9. The van der Waals surface area contributed by atoms with E-state index in [4.69, 9.17) is 0 Å². The smallest absolute Gasteiger partial charge is 0.0463 e. The van der Waals surface area contributed by atoms with E-state index in [-0.39, 0.29) is 0 Å². The van der Waals surface area contributed by atoms with Crippen molar-refractivity contribution >= 4 is 60.8 Å². The van der Waals surface area contributed by atoms with Gasteiger partial charge >= 0.3 is 0 Å². The summed E-state index contributed by atoms with van der Waals surface area (Å²) in [7, 11) is 0. The largest absolute Gasteiger partial charge is 0.338 e. The van der Waals surface area contributed by atoms with Gasteiger partial charge in [0.2, 0.25) is 0 Å². The Bertz CT molecular complexity index is 3540. The lowest BCUT2D eigenvalue weighted by molar-refractivity contribution is 0.361. The number of para-hydroxylation sites is 1. The van der Waals surface area contributed by atoms with E-state index < -0.39 is 0 Å². The van der Waals surface area contributed by atoms with E-state index in [1.54, 1.807) is 0 Å². The molecule has 1 heterocycles. The number of anilines is 5. The third kappa shape index (κ3) is 6.87. The van der Waals surface area contributed by atoms with Crippen LogP contribution in [0.25, 0.3) is 65.7 Å². The molecule has 0 radical (unpaired) electrons. The number of rotatable bonds is 8. The molecule has 324 valence electrons. The van der Waals surface area contributed by atoms with Crippen LogP contribution in [0.5, 0.6) is 0 Å². The summed E-state index contributed by atoms with van der Waals surface area (Å²) in [5.41, 5.74) is 16.5. The summed E-state index contributed by atoms with van der Waals surface area (Å²) < 4.78 is 0. The SMILES string of the molecule is c1ccc(-c2ccc3c(c2)C2CC(c4ccccc4)CC[C@H]2N3c2ccc(N(c3ccccc3)c3ccc(-c4c5ccccc5c(-c5cccc6ccccc56)c5ccccc45)cc3)cc2)cc1. The van der Waals surface area contributed by atoms with Crippen LogP contribution in [-0.4, -0.2) is 6.04 Å². The van der Waals surface area contributed by atoms with E-state index in [0.29, 0.717) is 17.9 Å². The van der Waals surface area contributed by atoms with E-state index in [1.807, 2.05) is 0 Å². The lowest BCUT2D eigenvalue weighted by Crippen LogP contribution is -2.34. The molecule has 1 aliphatic carbocycles. The second-order valence-corrected chi connectivity index (χ2v) is 18.7. The fourth-order valence-electron chi connectivity index (χ4n) is 12.0. The summed E-state index contributed by atoms with van der Waals surface area (Å²) in [5.74, 6) is 1.01. The van der Waals surface area contributed by atoms with Gasteiger partial charge < -0.3 is 9.80 Å². The Balaban J connectivity index is 0.876. The summed E-state index contributed by atoms with van der Waals surface area (Å²) >= 11 is 0. The Morgan fingerprint density at radius 3 is 1.59 bits per heavy atom. The molecule has 2 nitrogen and oxygen atoms in total. The first-order valence-electron chi connectivity index (χ1n) is 24.3. The third-order valence-electron chi connectivity index (χ3n) is 15.0. The van der Waals surface area contributed by atoms with E-state index in [9.17, 15) is 0 Å². The molecule has 13 rings (SSSR count). The maximum Gasteiger partial charge on any atom is 0.0463 e. The number of fused-ring (bicyclic) bond motifs is 6. The predicted octanol–water partition coefficient (Wildman–Crippen LogP) is 18.2. The van der Waals surface area contributed by atoms with Crippen LogP contribution < -0.4 is 9.80 Å². The lowest BCUT2D eigenvalue weighted by atomic mass is 9.73. The van der Waals surface area contributed by atoms with Crippen molar-refractivity contribution in [3.05, 3.63) is 260 Å². The van der Waals surface area contributed by atoms with Crippen LogP contribution in [-0.2, 0) is 0 Å². The summed E-state index contributed by atoms with van der Waals surface area (Å²) in [6.45, 7) is 0. The van der Waals surface area contributed by atoms with Gasteiger partial charge in [0.05, 0.1) is 0 Å². The van der Waals surface area contributed by atoms with Crippen LogP contribution in [0.4, 0.5) is 28.4 Å². The number of benzene rings is 11. The molecule has 2 aliphatic rings. The van der Waals surface area contributed by atoms with E-state index in [2.05, 4.69) is 259 Å². The molecule has 0 aromatic heterocycles. The maximum absolute atomic E-state index is 2.67. The second-order valence-electron chi connectivity index (χ2n) is 18.7. The molecule has 2 heteroatoms. The molecule has 11 aromatic carbocycles. The van der Waals surface area contributed by atoms with Gasteiger partial charge in [-0.1, -0.05) is 188 Å². The van der Waals surface area contributed by atoms with Gasteiger partial charge in [-0.3, -0.25) is 0 Å². The zero-order valence-electron chi connectivity index (χ0n) is 37.9. The first-order valence-corrected chi connectivity index (χ1v) is 24.3. The highest BCUT2D eigenvalue weighted by molar-refractivity contribution is 6.23. The van der Waals surface area contributed by atoms with Gasteiger partial charge in [-0.05, 0) is 163 Å². The van der Waals surface area contributed by atoms with Crippen molar-refractivity contribution in [2.45, 2.75) is 37.1 Å². The van der Waals surface area contributed by atoms with Crippen LogP contribution in [0, 0.1) is 0 Å². The molecule has 2 unspecified atom stereocenters. The van der Waals surface area contributed by atoms with Gasteiger partial charge in [0.1, 0.15) is 0 Å². The minimum atomic E-state index is 0.410. The molecular weight excluding hydrogens is 821 g/mol. The van der Waals surface area contributed by atoms with Gasteiger partial charge in [0, 0.05) is 40.4 Å². The fourth-order valence-corrected chi connectivity index (χ4v) is 12.0. The van der Waals surface area contributed by atoms with Gasteiger partial charge in [0.15, 0.2) is 0 Å². The highest BCUT2D eigenvalue weighted by Gasteiger charge is 2.43. The fraction of sp³-hybridized carbons (Fsp3) is 0.0909. The summed E-state index contributed by atoms with van der Waals surface area (Å²) in [4.78, 5) is 5.06. The second kappa shape index (κ2) is 16.9. The van der Waals surface area contributed by atoms with E-state index >= 15 is 0 Å². The van der Waals surface area contributed by atoms with Crippen molar-refractivity contribution in [3.63, 3.8) is 0 Å². The predicted molar refractivity (Wildman–Crippen MR) is 288 cm³/mol. The van der Waals surface area contributed by atoms with E-state index in [1.165, 1.54) is 94.6 Å². The number of hydrogen-bond donors (Lipinski definition) is 0. The monoisotopic (exact) mass is 870 g/mol. The molecule has 1 aliphatic heterocycles. The molecule has 68 heavy (non-hydrogen) atoms. The molecule has 11 aromatic rings. The zero-order chi connectivity index (χ0) is 45.0. The van der Waals surface area contributed by atoms with Crippen LogP contribution in [0.15, 0.2) is 249 Å². The summed E-state index contributed by atoms with van der Waals surface area (Å²) in [6, 6.07) is 92.5. The quantitative estimate of drug-likeness (QED) is 0.140. The Hall–Kier alpha value is -8.20. The minimum absolute atomic E-state index is 0.410. The number of nitrogens with zero attached hydrogens (tertiary/aromatic N) is 2. The summed E-state index contributed by atoms with van der Waals surface area (Å²) in [5, 5.41) is 7.57. The Kier molecular flexibility index (Phi) is 9.97. The van der Waals surface area contributed by atoms with Crippen molar-refractivity contribution in [1.82, 2.24) is 0 Å². The van der Waals surface area contributed by atoms with E-state index in [0.717, 1.165) is 29.9 Å². The van der Waals surface area contributed by atoms with Crippen LogP contribution in [0.3, 0.4) is 0 Å². The molecule has 1 fully saturated rings. The molecule has 0 bridgehead atoms. The first-order chi connectivity index (χ1) is 33.7. The average molecular weight is 871 g/mol. The Morgan fingerprint density at radius 2 is 0.912 bits per heavy atom. The first kappa shape index (κ1) is 40.1. The highest BCUT2D eigenvalue weighted by Crippen LogP contribution is 2.55. The minimum Gasteiger partial charge on any atom is -0.338 e. The molecule has 0 N–H and O–H groups in total. The van der Waals surface area contributed by atoms with Gasteiger partial charge in [0.25, 0.3) is 0 Å². The topological polar surface area (TPSA) is 6.48 Å². The number of hydrogen-bond acceptors (Lipinski definition) is 2. The van der Waals surface area contributed by atoms with Crippen molar-refractivity contribution in [2.24, 2.45) is 0 Å².